The summed E-state index contributed by atoms with van der Waals surface area (Å²) in [6.07, 6.45) is 3.66. The number of halogens is 1. The summed E-state index contributed by atoms with van der Waals surface area (Å²) in [4.78, 5) is 30.2. The SMILES string of the molecule is C=CCN(CC(=O)N(Cc1ccccc1)Cc1cccn1Cc1ccccc1)C(=O)c1ccc(Cl)cc1. The Bertz CT molecular complexity index is 1320. The van der Waals surface area contributed by atoms with Crippen LogP contribution in [0.1, 0.15) is 27.2 Å². The quantitative estimate of drug-likeness (QED) is 0.230. The zero-order valence-electron chi connectivity index (χ0n) is 20.7. The maximum Gasteiger partial charge on any atom is 0.254 e. The second-order valence-electron chi connectivity index (χ2n) is 8.83. The van der Waals surface area contributed by atoms with Gasteiger partial charge < -0.3 is 14.4 Å². The lowest BCUT2D eigenvalue weighted by Crippen LogP contribution is -2.42. The molecule has 0 unspecified atom stereocenters. The summed E-state index contributed by atoms with van der Waals surface area (Å²) in [5.41, 5.74) is 3.71. The summed E-state index contributed by atoms with van der Waals surface area (Å²) in [6.45, 7) is 5.56. The standard InChI is InChI=1S/C31H30ClN3O2/c1-2-19-34(31(37)27-15-17-28(32)18-16-27)24-30(36)35(22-26-12-7-4-8-13-26)23-29-14-9-20-33(29)21-25-10-5-3-6-11-25/h2-18,20H,1,19,21-24H2. The summed E-state index contributed by atoms with van der Waals surface area (Å²) in [7, 11) is 0. The molecule has 37 heavy (non-hydrogen) atoms. The molecule has 0 radical (unpaired) electrons. The highest BCUT2D eigenvalue weighted by Gasteiger charge is 2.23. The number of aromatic nitrogens is 1. The number of hydrogen-bond donors (Lipinski definition) is 0. The van der Waals surface area contributed by atoms with Crippen LogP contribution < -0.4 is 0 Å². The van der Waals surface area contributed by atoms with Gasteiger partial charge in [0.15, 0.2) is 0 Å². The van der Waals surface area contributed by atoms with E-state index in [2.05, 4.69) is 23.3 Å². The highest BCUT2D eigenvalue weighted by Crippen LogP contribution is 2.16. The molecule has 0 N–H and O–H groups in total. The third-order valence-corrected chi connectivity index (χ3v) is 6.35. The van der Waals surface area contributed by atoms with Crippen molar-refractivity contribution < 1.29 is 9.59 Å². The Labute approximate surface area is 223 Å². The molecule has 0 atom stereocenters. The van der Waals surface area contributed by atoms with Crippen molar-refractivity contribution in [2.45, 2.75) is 19.6 Å². The molecule has 0 saturated carbocycles. The summed E-state index contributed by atoms with van der Waals surface area (Å²) in [5, 5.41) is 0.551. The normalized spacial score (nSPS) is 10.6. The third kappa shape index (κ3) is 7.21. The van der Waals surface area contributed by atoms with E-state index in [1.54, 1.807) is 35.2 Å². The van der Waals surface area contributed by atoms with Gasteiger partial charge in [-0.05, 0) is 47.5 Å². The molecule has 4 aromatic rings. The topological polar surface area (TPSA) is 45.6 Å². The van der Waals surface area contributed by atoms with Crippen LogP contribution in [0.3, 0.4) is 0 Å². The Morgan fingerprint density at radius 3 is 2.08 bits per heavy atom. The number of nitrogens with zero attached hydrogens (tertiary/aromatic N) is 3. The van der Waals surface area contributed by atoms with E-state index in [0.29, 0.717) is 30.2 Å². The van der Waals surface area contributed by atoms with Crippen molar-refractivity contribution in [1.29, 1.82) is 0 Å². The lowest BCUT2D eigenvalue weighted by atomic mass is 10.2. The minimum Gasteiger partial charge on any atom is -0.345 e. The van der Waals surface area contributed by atoms with Crippen LogP contribution >= 0.6 is 11.6 Å². The number of benzene rings is 3. The first kappa shape index (κ1) is 26.0. The summed E-state index contributed by atoms with van der Waals surface area (Å²) >= 11 is 5.99. The first-order chi connectivity index (χ1) is 18.0. The van der Waals surface area contributed by atoms with Crippen molar-refractivity contribution in [1.82, 2.24) is 14.4 Å². The molecule has 1 aromatic heterocycles. The summed E-state index contributed by atoms with van der Waals surface area (Å²) < 4.78 is 2.15. The molecule has 3 aromatic carbocycles. The minimum atomic E-state index is -0.239. The molecule has 0 aliphatic carbocycles. The van der Waals surface area contributed by atoms with Gasteiger partial charge in [-0.15, -0.1) is 6.58 Å². The Hall–Kier alpha value is -4.09. The van der Waals surface area contributed by atoms with Crippen molar-refractivity contribution in [3.8, 4) is 0 Å². The molecule has 0 aliphatic heterocycles. The molecule has 188 valence electrons. The fraction of sp³-hybridized carbons (Fsp3) is 0.161. The van der Waals surface area contributed by atoms with Crippen molar-refractivity contribution in [3.05, 3.63) is 143 Å². The van der Waals surface area contributed by atoms with E-state index < -0.39 is 0 Å². The molecular weight excluding hydrogens is 482 g/mol. The van der Waals surface area contributed by atoms with E-state index in [0.717, 1.165) is 11.3 Å². The van der Waals surface area contributed by atoms with Crippen LogP contribution in [-0.4, -0.2) is 39.3 Å². The van der Waals surface area contributed by atoms with E-state index in [1.165, 1.54) is 10.5 Å². The van der Waals surface area contributed by atoms with Crippen LogP contribution in [0.2, 0.25) is 5.02 Å². The van der Waals surface area contributed by atoms with E-state index in [1.807, 2.05) is 66.9 Å². The molecule has 6 heteroatoms. The van der Waals surface area contributed by atoms with Gasteiger partial charge in [0.05, 0.1) is 6.54 Å². The third-order valence-electron chi connectivity index (χ3n) is 6.10. The molecule has 0 spiro atoms. The Balaban J connectivity index is 1.55. The summed E-state index contributed by atoms with van der Waals surface area (Å²) in [5.74, 6) is -0.377. The number of hydrogen-bond acceptors (Lipinski definition) is 2. The Kier molecular flexibility index (Phi) is 8.95. The predicted molar refractivity (Wildman–Crippen MR) is 148 cm³/mol. The first-order valence-corrected chi connectivity index (χ1v) is 12.6. The zero-order valence-corrected chi connectivity index (χ0v) is 21.4. The van der Waals surface area contributed by atoms with Crippen molar-refractivity contribution >= 4 is 23.4 Å². The van der Waals surface area contributed by atoms with Gasteiger partial charge in [-0.3, -0.25) is 9.59 Å². The van der Waals surface area contributed by atoms with Crippen LogP contribution in [0.5, 0.6) is 0 Å². The van der Waals surface area contributed by atoms with Gasteiger partial charge in [-0.1, -0.05) is 78.3 Å². The molecule has 0 aliphatic rings. The molecule has 5 nitrogen and oxygen atoms in total. The van der Waals surface area contributed by atoms with Gasteiger partial charge in [0, 0.05) is 42.1 Å². The molecular formula is C31H30ClN3O2. The first-order valence-electron chi connectivity index (χ1n) is 12.2. The van der Waals surface area contributed by atoms with Crippen LogP contribution in [0.15, 0.2) is 116 Å². The van der Waals surface area contributed by atoms with Crippen LogP contribution in [0.4, 0.5) is 0 Å². The van der Waals surface area contributed by atoms with Gasteiger partial charge in [0.2, 0.25) is 5.91 Å². The highest BCUT2D eigenvalue weighted by molar-refractivity contribution is 6.30. The molecule has 4 rings (SSSR count). The molecule has 0 bridgehead atoms. The zero-order chi connectivity index (χ0) is 26.0. The predicted octanol–water partition coefficient (Wildman–Crippen LogP) is 6.05. The summed E-state index contributed by atoms with van der Waals surface area (Å²) in [6, 6.07) is 30.8. The minimum absolute atomic E-state index is 0.0558. The van der Waals surface area contributed by atoms with Crippen LogP contribution in [0, 0.1) is 0 Å². The maximum absolute atomic E-state index is 13.7. The monoisotopic (exact) mass is 511 g/mol. The maximum atomic E-state index is 13.7. The lowest BCUT2D eigenvalue weighted by molar-refractivity contribution is -0.133. The van der Waals surface area contributed by atoms with Crippen molar-refractivity contribution in [2.24, 2.45) is 0 Å². The fourth-order valence-corrected chi connectivity index (χ4v) is 4.30. The average molecular weight is 512 g/mol. The molecule has 1 heterocycles. The van der Waals surface area contributed by atoms with Gasteiger partial charge in [0.25, 0.3) is 5.91 Å². The largest absolute Gasteiger partial charge is 0.345 e. The average Bonchev–Trinajstić information content (AvgIpc) is 3.35. The second-order valence-corrected chi connectivity index (χ2v) is 9.27. The van der Waals surface area contributed by atoms with Gasteiger partial charge in [-0.25, -0.2) is 0 Å². The van der Waals surface area contributed by atoms with Crippen molar-refractivity contribution in [3.63, 3.8) is 0 Å². The van der Waals surface area contributed by atoms with Gasteiger partial charge >= 0.3 is 0 Å². The Morgan fingerprint density at radius 2 is 1.43 bits per heavy atom. The van der Waals surface area contributed by atoms with Crippen molar-refractivity contribution in [2.75, 3.05) is 13.1 Å². The lowest BCUT2D eigenvalue weighted by Gasteiger charge is -2.28. The Morgan fingerprint density at radius 1 is 0.784 bits per heavy atom. The smallest absolute Gasteiger partial charge is 0.254 e. The van der Waals surface area contributed by atoms with Crippen LogP contribution in [0.25, 0.3) is 0 Å². The van der Waals surface area contributed by atoms with E-state index >= 15 is 0 Å². The number of carbonyl (C=O) groups excluding carboxylic acids is 2. The van der Waals surface area contributed by atoms with Gasteiger partial charge in [-0.2, -0.15) is 0 Å². The van der Waals surface area contributed by atoms with E-state index in [-0.39, 0.29) is 24.9 Å². The fourth-order valence-electron chi connectivity index (χ4n) is 4.17. The number of rotatable bonds is 11. The van der Waals surface area contributed by atoms with Gasteiger partial charge in [0.1, 0.15) is 6.54 Å². The molecule has 2 amide bonds. The highest BCUT2D eigenvalue weighted by atomic mass is 35.5. The molecule has 0 saturated heterocycles. The van der Waals surface area contributed by atoms with E-state index in [4.69, 9.17) is 11.6 Å². The molecule has 0 fully saturated rings. The second kappa shape index (κ2) is 12.7. The number of carbonyl (C=O) groups is 2. The van der Waals surface area contributed by atoms with E-state index in [9.17, 15) is 9.59 Å². The number of amides is 2. The van der Waals surface area contributed by atoms with Crippen LogP contribution in [-0.2, 0) is 24.4 Å².